The number of methoxy groups -OCH3 is 1. The van der Waals surface area contributed by atoms with Gasteiger partial charge in [0.1, 0.15) is 5.75 Å². The largest absolute Gasteiger partial charge is 0.497 e. The number of aliphatic hydroxyl groups excluding tert-OH is 1. The Morgan fingerprint density at radius 3 is 2.41 bits per heavy atom. The highest BCUT2D eigenvalue weighted by atomic mass is 16.5. The normalized spacial score (nSPS) is 16.6. The van der Waals surface area contributed by atoms with Gasteiger partial charge in [-0.1, -0.05) is 18.2 Å². The summed E-state index contributed by atoms with van der Waals surface area (Å²) in [5.41, 5.74) is 3.41. The standard InChI is InChI=1S/C22H27N3O2/c1-23-15-20(19-5-3-4-6-21(19)23)22(26)16-24-11-13-25(14-12-24)17-7-9-18(27-2)10-8-17/h3-10,15,22,26H,11-14,16H2,1-2H3/t22-/m1/s1. The molecule has 4 rings (SSSR count). The van der Waals surface area contributed by atoms with Crippen LogP contribution in [0.25, 0.3) is 10.9 Å². The van der Waals surface area contributed by atoms with E-state index in [-0.39, 0.29) is 0 Å². The van der Waals surface area contributed by atoms with Crippen molar-refractivity contribution in [3.63, 3.8) is 0 Å². The second kappa shape index (κ2) is 7.62. The van der Waals surface area contributed by atoms with E-state index in [0.29, 0.717) is 6.54 Å². The Morgan fingerprint density at radius 1 is 1.00 bits per heavy atom. The van der Waals surface area contributed by atoms with Gasteiger partial charge < -0.3 is 19.3 Å². The van der Waals surface area contributed by atoms with Gasteiger partial charge >= 0.3 is 0 Å². The van der Waals surface area contributed by atoms with E-state index in [1.54, 1.807) is 7.11 Å². The molecule has 2 aromatic carbocycles. The van der Waals surface area contributed by atoms with Crippen LogP contribution in [0.3, 0.4) is 0 Å². The molecular formula is C22H27N3O2. The van der Waals surface area contributed by atoms with Crippen molar-refractivity contribution in [2.24, 2.45) is 7.05 Å². The first-order chi connectivity index (χ1) is 13.2. The summed E-state index contributed by atoms with van der Waals surface area (Å²) in [6, 6.07) is 16.5. The smallest absolute Gasteiger partial charge is 0.119 e. The van der Waals surface area contributed by atoms with Crippen LogP contribution in [-0.2, 0) is 7.05 Å². The molecule has 1 fully saturated rings. The quantitative estimate of drug-likeness (QED) is 0.755. The number of β-amino-alcohol motifs (C(OH)–C–C–N with tert-alkyl or cyclic N) is 1. The zero-order valence-electron chi connectivity index (χ0n) is 16.0. The Kier molecular flexibility index (Phi) is 5.05. The molecule has 0 saturated carbocycles. The van der Waals surface area contributed by atoms with Gasteiger partial charge in [0.05, 0.1) is 13.2 Å². The van der Waals surface area contributed by atoms with Crippen LogP contribution in [0.2, 0.25) is 0 Å². The molecule has 1 aliphatic rings. The van der Waals surface area contributed by atoms with Crippen molar-refractivity contribution in [2.75, 3.05) is 44.7 Å². The Morgan fingerprint density at radius 2 is 1.70 bits per heavy atom. The van der Waals surface area contributed by atoms with E-state index in [1.165, 1.54) is 5.69 Å². The summed E-state index contributed by atoms with van der Waals surface area (Å²) >= 11 is 0. The van der Waals surface area contributed by atoms with Crippen LogP contribution < -0.4 is 9.64 Å². The summed E-state index contributed by atoms with van der Waals surface area (Å²) < 4.78 is 7.33. The minimum absolute atomic E-state index is 0.469. The molecule has 2 heterocycles. The molecule has 1 atom stereocenters. The zero-order chi connectivity index (χ0) is 18.8. The van der Waals surface area contributed by atoms with E-state index in [9.17, 15) is 5.11 Å². The molecule has 0 aliphatic carbocycles. The van der Waals surface area contributed by atoms with E-state index < -0.39 is 6.10 Å². The number of aliphatic hydroxyl groups is 1. The first-order valence-corrected chi connectivity index (χ1v) is 9.49. The number of aryl methyl sites for hydroxylation is 1. The highest BCUT2D eigenvalue weighted by molar-refractivity contribution is 5.84. The zero-order valence-corrected chi connectivity index (χ0v) is 16.0. The van der Waals surface area contributed by atoms with E-state index in [0.717, 1.165) is 48.4 Å². The van der Waals surface area contributed by atoms with E-state index in [2.05, 4.69) is 44.8 Å². The fourth-order valence-electron chi connectivity index (χ4n) is 3.96. The van der Waals surface area contributed by atoms with Crippen molar-refractivity contribution in [2.45, 2.75) is 6.10 Å². The maximum atomic E-state index is 10.8. The number of hydrogen-bond donors (Lipinski definition) is 1. The number of aromatic nitrogens is 1. The SMILES string of the molecule is COc1ccc(N2CCN(C[C@@H](O)c3cn(C)c4ccccc34)CC2)cc1. The predicted octanol–water partition coefficient (Wildman–Crippen LogP) is 3.04. The van der Waals surface area contributed by atoms with Crippen LogP contribution in [0, 0.1) is 0 Å². The number of nitrogens with zero attached hydrogens (tertiary/aromatic N) is 3. The molecule has 0 unspecified atom stereocenters. The van der Waals surface area contributed by atoms with Gasteiger partial charge in [-0.05, 0) is 30.3 Å². The topological polar surface area (TPSA) is 40.9 Å². The van der Waals surface area contributed by atoms with Gasteiger partial charge in [0.2, 0.25) is 0 Å². The van der Waals surface area contributed by atoms with E-state index in [4.69, 9.17) is 4.74 Å². The summed E-state index contributed by atoms with van der Waals surface area (Å²) in [4.78, 5) is 4.74. The van der Waals surface area contributed by atoms with E-state index in [1.807, 2.05) is 31.3 Å². The number of fused-ring (bicyclic) bond motifs is 1. The first kappa shape index (κ1) is 17.9. The van der Waals surface area contributed by atoms with Gasteiger partial charge in [-0.15, -0.1) is 0 Å². The Balaban J connectivity index is 1.38. The summed E-state index contributed by atoms with van der Waals surface area (Å²) in [5.74, 6) is 0.885. The van der Waals surface area contributed by atoms with Crippen molar-refractivity contribution in [3.8, 4) is 5.75 Å². The van der Waals surface area contributed by atoms with Crippen molar-refractivity contribution < 1.29 is 9.84 Å². The highest BCUT2D eigenvalue weighted by Crippen LogP contribution is 2.27. The molecule has 0 radical (unpaired) electrons. The van der Waals surface area contributed by atoms with Gasteiger partial charge in [-0.2, -0.15) is 0 Å². The van der Waals surface area contributed by atoms with Crippen molar-refractivity contribution in [1.29, 1.82) is 0 Å². The molecule has 142 valence electrons. The Hall–Kier alpha value is -2.50. The maximum Gasteiger partial charge on any atom is 0.119 e. The molecular weight excluding hydrogens is 338 g/mol. The van der Waals surface area contributed by atoms with Crippen LogP contribution in [-0.4, -0.2) is 54.4 Å². The molecule has 5 heteroatoms. The maximum absolute atomic E-state index is 10.8. The van der Waals surface area contributed by atoms with Crippen LogP contribution in [0.4, 0.5) is 5.69 Å². The summed E-state index contributed by atoms with van der Waals surface area (Å²) in [7, 11) is 3.72. The minimum atomic E-state index is -0.469. The van der Waals surface area contributed by atoms with Crippen LogP contribution in [0.1, 0.15) is 11.7 Å². The average Bonchev–Trinajstić information content (AvgIpc) is 3.06. The molecule has 1 aliphatic heterocycles. The predicted molar refractivity (Wildman–Crippen MR) is 110 cm³/mol. The Bertz CT molecular complexity index is 896. The number of para-hydroxylation sites is 1. The lowest BCUT2D eigenvalue weighted by molar-refractivity contribution is 0.110. The third kappa shape index (κ3) is 3.66. The molecule has 1 aromatic heterocycles. The second-order valence-electron chi connectivity index (χ2n) is 7.21. The highest BCUT2D eigenvalue weighted by Gasteiger charge is 2.22. The fraction of sp³-hybridized carbons (Fsp3) is 0.364. The summed E-state index contributed by atoms with van der Waals surface area (Å²) in [5, 5.41) is 12.0. The van der Waals surface area contributed by atoms with Crippen molar-refractivity contribution in [1.82, 2.24) is 9.47 Å². The van der Waals surface area contributed by atoms with Crippen molar-refractivity contribution >= 4 is 16.6 Å². The lowest BCUT2D eigenvalue weighted by Gasteiger charge is -2.37. The second-order valence-corrected chi connectivity index (χ2v) is 7.21. The van der Waals surface area contributed by atoms with E-state index >= 15 is 0 Å². The number of piperazine rings is 1. The lowest BCUT2D eigenvalue weighted by Crippen LogP contribution is -2.47. The molecule has 1 N–H and O–H groups in total. The number of hydrogen-bond acceptors (Lipinski definition) is 4. The Labute approximate surface area is 160 Å². The van der Waals surface area contributed by atoms with Crippen molar-refractivity contribution in [3.05, 3.63) is 60.3 Å². The number of anilines is 1. The molecule has 5 nitrogen and oxygen atoms in total. The van der Waals surface area contributed by atoms with Crippen LogP contribution in [0.15, 0.2) is 54.7 Å². The third-order valence-electron chi connectivity index (χ3n) is 5.53. The molecule has 3 aromatic rings. The molecule has 27 heavy (non-hydrogen) atoms. The van der Waals surface area contributed by atoms with Gasteiger partial charge in [0, 0.05) is 68.1 Å². The summed E-state index contributed by atoms with van der Waals surface area (Å²) in [6.07, 6.45) is 1.59. The van der Waals surface area contributed by atoms with Gasteiger partial charge in [-0.25, -0.2) is 0 Å². The third-order valence-corrected chi connectivity index (χ3v) is 5.53. The van der Waals surface area contributed by atoms with Gasteiger partial charge in [0.15, 0.2) is 0 Å². The number of ether oxygens (including phenoxy) is 1. The molecule has 0 amide bonds. The number of rotatable bonds is 5. The molecule has 0 bridgehead atoms. The lowest BCUT2D eigenvalue weighted by atomic mass is 10.1. The molecule has 1 saturated heterocycles. The number of benzene rings is 2. The average molecular weight is 365 g/mol. The summed E-state index contributed by atoms with van der Waals surface area (Å²) in [6.45, 7) is 4.51. The minimum Gasteiger partial charge on any atom is -0.497 e. The first-order valence-electron chi connectivity index (χ1n) is 9.49. The van der Waals surface area contributed by atoms with Crippen LogP contribution in [0.5, 0.6) is 5.75 Å². The molecule has 0 spiro atoms. The fourth-order valence-corrected chi connectivity index (χ4v) is 3.96. The van der Waals surface area contributed by atoms with Gasteiger partial charge in [-0.3, -0.25) is 4.90 Å². The monoisotopic (exact) mass is 365 g/mol. The van der Waals surface area contributed by atoms with Crippen LogP contribution >= 0.6 is 0 Å². The van der Waals surface area contributed by atoms with Gasteiger partial charge in [0.25, 0.3) is 0 Å².